The molecule has 1 heterocycles. The Hall–Kier alpha value is -3.55. The van der Waals surface area contributed by atoms with Gasteiger partial charge in [-0.2, -0.15) is 5.10 Å². The number of methoxy groups -OCH3 is 1. The van der Waals surface area contributed by atoms with E-state index in [2.05, 4.69) is 20.8 Å². The number of hydrogen-bond acceptors (Lipinski definition) is 5. The first-order valence-corrected chi connectivity index (χ1v) is 8.30. The van der Waals surface area contributed by atoms with Crippen LogP contribution in [-0.4, -0.2) is 23.2 Å². The largest absolute Gasteiger partial charge is 0.494 e. The Kier molecular flexibility index (Phi) is 5.55. The molecule has 8 heteroatoms. The standard InChI is InChI=1S/C19H20FN5O2/c1-27-15-9-13(7-8-14(15)20)11-23-19-16(17(21)26)18(24-25-19)22-10-12-5-3-2-4-6-12/h2-9H,10-11H2,1H3,(H2,21,26)(H3,22,23,24,25). The van der Waals surface area contributed by atoms with E-state index in [4.69, 9.17) is 10.5 Å². The Balaban J connectivity index is 1.72. The number of H-pyrrole nitrogens is 1. The van der Waals surface area contributed by atoms with E-state index in [1.54, 1.807) is 12.1 Å². The quantitative estimate of drug-likeness (QED) is 0.489. The second kappa shape index (κ2) is 8.22. The molecule has 3 rings (SSSR count). The molecule has 0 unspecified atom stereocenters. The first-order chi connectivity index (χ1) is 13.1. The Labute approximate surface area is 155 Å². The molecule has 0 saturated heterocycles. The van der Waals surface area contributed by atoms with E-state index in [-0.39, 0.29) is 11.3 Å². The molecule has 1 aromatic heterocycles. The van der Waals surface area contributed by atoms with E-state index in [1.165, 1.54) is 13.2 Å². The van der Waals surface area contributed by atoms with Crippen LogP contribution >= 0.6 is 0 Å². The minimum Gasteiger partial charge on any atom is -0.494 e. The van der Waals surface area contributed by atoms with Gasteiger partial charge in [0.25, 0.3) is 5.91 Å². The van der Waals surface area contributed by atoms with Crippen molar-refractivity contribution in [3.05, 3.63) is 71.0 Å². The average molecular weight is 369 g/mol. The maximum atomic E-state index is 13.5. The van der Waals surface area contributed by atoms with Crippen LogP contribution in [0.2, 0.25) is 0 Å². The van der Waals surface area contributed by atoms with Gasteiger partial charge in [-0.15, -0.1) is 0 Å². The highest BCUT2D eigenvalue weighted by Gasteiger charge is 2.18. The van der Waals surface area contributed by atoms with Crippen LogP contribution in [0.5, 0.6) is 5.75 Å². The van der Waals surface area contributed by atoms with Crippen molar-refractivity contribution in [2.24, 2.45) is 5.73 Å². The first-order valence-electron chi connectivity index (χ1n) is 8.30. The smallest absolute Gasteiger partial charge is 0.256 e. The van der Waals surface area contributed by atoms with E-state index < -0.39 is 11.7 Å². The number of nitrogens with zero attached hydrogens (tertiary/aromatic N) is 1. The summed E-state index contributed by atoms with van der Waals surface area (Å²) < 4.78 is 18.5. The van der Waals surface area contributed by atoms with Gasteiger partial charge in [-0.25, -0.2) is 4.39 Å². The topological polar surface area (TPSA) is 105 Å². The van der Waals surface area contributed by atoms with Crippen LogP contribution in [0.3, 0.4) is 0 Å². The molecule has 7 nitrogen and oxygen atoms in total. The molecule has 0 spiro atoms. The highest BCUT2D eigenvalue weighted by molar-refractivity contribution is 6.02. The summed E-state index contributed by atoms with van der Waals surface area (Å²) in [5, 5.41) is 13.1. The van der Waals surface area contributed by atoms with E-state index in [0.29, 0.717) is 24.7 Å². The molecule has 0 aliphatic heterocycles. The molecule has 0 fully saturated rings. The van der Waals surface area contributed by atoms with Crippen molar-refractivity contribution >= 4 is 17.5 Å². The normalized spacial score (nSPS) is 10.4. The third kappa shape index (κ3) is 4.35. The summed E-state index contributed by atoms with van der Waals surface area (Å²) in [5.41, 5.74) is 7.57. The fraction of sp³-hybridized carbons (Fsp3) is 0.158. The Morgan fingerprint density at radius 3 is 2.59 bits per heavy atom. The summed E-state index contributed by atoms with van der Waals surface area (Å²) in [6.45, 7) is 0.831. The molecule has 0 saturated carbocycles. The third-order valence-corrected chi connectivity index (χ3v) is 4.00. The second-order valence-corrected chi connectivity index (χ2v) is 5.85. The number of aromatic nitrogens is 2. The maximum absolute atomic E-state index is 13.5. The van der Waals surface area contributed by atoms with Gasteiger partial charge < -0.3 is 21.1 Å². The van der Waals surface area contributed by atoms with Gasteiger partial charge in [-0.3, -0.25) is 9.89 Å². The van der Waals surface area contributed by atoms with Crippen molar-refractivity contribution in [3.8, 4) is 5.75 Å². The van der Waals surface area contributed by atoms with Crippen molar-refractivity contribution in [1.82, 2.24) is 10.2 Å². The fourth-order valence-corrected chi connectivity index (χ4v) is 2.62. The number of anilines is 2. The molecule has 5 N–H and O–H groups in total. The second-order valence-electron chi connectivity index (χ2n) is 5.85. The molecule has 0 aliphatic carbocycles. The number of ether oxygens (including phenoxy) is 1. The number of aromatic amines is 1. The van der Waals surface area contributed by atoms with Gasteiger partial charge in [0.2, 0.25) is 0 Å². The summed E-state index contributed by atoms with van der Waals surface area (Å²) in [6, 6.07) is 14.3. The monoisotopic (exact) mass is 369 g/mol. The van der Waals surface area contributed by atoms with Gasteiger partial charge in [0.15, 0.2) is 17.4 Å². The predicted octanol–water partition coefficient (Wildman–Crippen LogP) is 2.88. The Bertz CT molecular complexity index is 927. The first kappa shape index (κ1) is 18.2. The summed E-state index contributed by atoms with van der Waals surface area (Å²) >= 11 is 0. The third-order valence-electron chi connectivity index (χ3n) is 4.00. The zero-order valence-corrected chi connectivity index (χ0v) is 14.8. The summed E-state index contributed by atoms with van der Waals surface area (Å²) in [6.07, 6.45) is 0. The van der Waals surface area contributed by atoms with Crippen LogP contribution in [-0.2, 0) is 13.1 Å². The van der Waals surface area contributed by atoms with E-state index >= 15 is 0 Å². The molecule has 2 aromatic carbocycles. The molecular formula is C19H20FN5O2. The van der Waals surface area contributed by atoms with Crippen LogP contribution in [0.4, 0.5) is 16.0 Å². The van der Waals surface area contributed by atoms with Crippen molar-refractivity contribution < 1.29 is 13.9 Å². The van der Waals surface area contributed by atoms with Gasteiger partial charge in [0.1, 0.15) is 11.4 Å². The van der Waals surface area contributed by atoms with Crippen LogP contribution in [0.25, 0.3) is 0 Å². The van der Waals surface area contributed by atoms with Crippen LogP contribution in [0.1, 0.15) is 21.5 Å². The summed E-state index contributed by atoms with van der Waals surface area (Å²) in [5.74, 6) is -0.145. The Morgan fingerprint density at radius 1 is 1.15 bits per heavy atom. The molecule has 27 heavy (non-hydrogen) atoms. The van der Waals surface area contributed by atoms with Gasteiger partial charge in [-0.1, -0.05) is 36.4 Å². The lowest BCUT2D eigenvalue weighted by atomic mass is 10.2. The molecule has 0 aliphatic rings. The lowest BCUT2D eigenvalue weighted by Crippen LogP contribution is -2.16. The van der Waals surface area contributed by atoms with Crippen LogP contribution in [0.15, 0.2) is 48.5 Å². The SMILES string of the molecule is COc1cc(CNc2n[nH]c(NCc3ccccc3)c2C(N)=O)ccc1F. The number of rotatable bonds is 8. The molecule has 0 radical (unpaired) electrons. The summed E-state index contributed by atoms with van der Waals surface area (Å²) in [4.78, 5) is 11.9. The number of primary amides is 1. The molecule has 0 atom stereocenters. The van der Waals surface area contributed by atoms with Gasteiger partial charge in [0.05, 0.1) is 7.11 Å². The highest BCUT2D eigenvalue weighted by atomic mass is 19.1. The van der Waals surface area contributed by atoms with Crippen LogP contribution in [0, 0.1) is 5.82 Å². The number of carbonyl (C=O) groups is 1. The maximum Gasteiger partial charge on any atom is 0.256 e. The minimum absolute atomic E-state index is 0.150. The van der Waals surface area contributed by atoms with E-state index in [1.807, 2.05) is 30.3 Å². The lowest BCUT2D eigenvalue weighted by Gasteiger charge is -2.09. The van der Waals surface area contributed by atoms with Gasteiger partial charge >= 0.3 is 0 Å². The zero-order valence-electron chi connectivity index (χ0n) is 14.8. The number of benzene rings is 2. The van der Waals surface area contributed by atoms with Gasteiger partial charge in [-0.05, 0) is 23.3 Å². The van der Waals surface area contributed by atoms with Crippen molar-refractivity contribution in [2.75, 3.05) is 17.7 Å². The molecular weight excluding hydrogens is 349 g/mol. The molecule has 1 amide bonds. The number of amides is 1. The van der Waals surface area contributed by atoms with Crippen molar-refractivity contribution in [2.45, 2.75) is 13.1 Å². The lowest BCUT2D eigenvalue weighted by molar-refractivity contribution is 0.100. The number of halogens is 1. The van der Waals surface area contributed by atoms with Crippen molar-refractivity contribution in [1.29, 1.82) is 0 Å². The molecule has 140 valence electrons. The minimum atomic E-state index is -0.613. The number of hydrogen-bond donors (Lipinski definition) is 4. The molecule has 0 bridgehead atoms. The van der Waals surface area contributed by atoms with E-state index in [0.717, 1.165) is 11.1 Å². The fourth-order valence-electron chi connectivity index (χ4n) is 2.62. The summed E-state index contributed by atoms with van der Waals surface area (Å²) in [7, 11) is 1.40. The molecule has 3 aromatic rings. The number of nitrogens with two attached hydrogens (primary N) is 1. The van der Waals surface area contributed by atoms with Crippen LogP contribution < -0.4 is 21.1 Å². The average Bonchev–Trinajstić information content (AvgIpc) is 3.09. The van der Waals surface area contributed by atoms with E-state index in [9.17, 15) is 9.18 Å². The van der Waals surface area contributed by atoms with Gasteiger partial charge in [0, 0.05) is 13.1 Å². The zero-order chi connectivity index (χ0) is 19.2. The predicted molar refractivity (Wildman–Crippen MR) is 101 cm³/mol. The van der Waals surface area contributed by atoms with Crippen molar-refractivity contribution in [3.63, 3.8) is 0 Å². The number of nitrogens with one attached hydrogen (secondary N) is 3. The Morgan fingerprint density at radius 2 is 1.89 bits per heavy atom. The highest BCUT2D eigenvalue weighted by Crippen LogP contribution is 2.23. The number of carbonyl (C=O) groups excluding carboxylic acids is 1.